The number of phenols is 1. The molecule has 0 aliphatic rings. The number of hydrogen-bond acceptors (Lipinski definition) is 3. The maximum atomic E-state index is 9.49. The molecule has 17 heavy (non-hydrogen) atoms. The van der Waals surface area contributed by atoms with Crippen molar-refractivity contribution < 1.29 is 5.11 Å². The second-order valence-electron chi connectivity index (χ2n) is 4.03. The number of anilines is 1. The maximum absolute atomic E-state index is 9.49. The molecule has 3 aromatic rings. The molecule has 5 heteroatoms. The molecule has 0 aliphatic heterocycles. The normalized spacial score (nSPS) is 11.1. The number of rotatable bonds is 1. The van der Waals surface area contributed by atoms with Gasteiger partial charge in [-0.15, -0.1) is 0 Å². The SMILES string of the molecule is Cn1c(-c2[nH]ncc2N)cc2ccc(O)cc21. The molecule has 0 spiro atoms. The van der Waals surface area contributed by atoms with Gasteiger partial charge in [-0.3, -0.25) is 5.10 Å². The van der Waals surface area contributed by atoms with Crippen LogP contribution in [-0.4, -0.2) is 19.9 Å². The van der Waals surface area contributed by atoms with Crippen molar-refractivity contribution in [2.75, 3.05) is 5.73 Å². The summed E-state index contributed by atoms with van der Waals surface area (Å²) in [5.41, 5.74) is 9.14. The number of nitrogens with two attached hydrogens (primary N) is 1. The summed E-state index contributed by atoms with van der Waals surface area (Å²) in [7, 11) is 1.93. The molecule has 0 aliphatic carbocycles. The van der Waals surface area contributed by atoms with Crippen LogP contribution in [0.15, 0.2) is 30.5 Å². The Morgan fingerprint density at radius 1 is 1.35 bits per heavy atom. The lowest BCUT2D eigenvalue weighted by Crippen LogP contribution is -1.94. The summed E-state index contributed by atoms with van der Waals surface area (Å²) >= 11 is 0. The number of aryl methyl sites for hydroxylation is 1. The molecular weight excluding hydrogens is 216 g/mol. The molecule has 3 rings (SSSR count). The van der Waals surface area contributed by atoms with Crippen LogP contribution in [0, 0.1) is 0 Å². The Labute approximate surface area is 97.5 Å². The highest BCUT2D eigenvalue weighted by Crippen LogP contribution is 2.30. The van der Waals surface area contributed by atoms with Crippen LogP contribution in [0.5, 0.6) is 5.75 Å². The second-order valence-corrected chi connectivity index (χ2v) is 4.03. The van der Waals surface area contributed by atoms with Gasteiger partial charge in [0.25, 0.3) is 0 Å². The van der Waals surface area contributed by atoms with Gasteiger partial charge in [0.1, 0.15) is 11.4 Å². The van der Waals surface area contributed by atoms with E-state index in [4.69, 9.17) is 5.73 Å². The minimum Gasteiger partial charge on any atom is -0.508 e. The number of aromatic nitrogens is 3. The van der Waals surface area contributed by atoms with Gasteiger partial charge in [-0.05, 0) is 18.2 Å². The number of aromatic hydroxyl groups is 1. The number of fused-ring (bicyclic) bond motifs is 1. The first-order valence-corrected chi connectivity index (χ1v) is 5.24. The van der Waals surface area contributed by atoms with E-state index in [1.807, 2.05) is 23.7 Å². The third kappa shape index (κ3) is 1.36. The van der Waals surface area contributed by atoms with E-state index in [0.29, 0.717) is 5.69 Å². The molecule has 0 saturated heterocycles. The zero-order chi connectivity index (χ0) is 12.0. The average Bonchev–Trinajstić information content (AvgIpc) is 2.84. The Balaban J connectivity index is 2.32. The molecule has 2 aromatic heterocycles. The maximum Gasteiger partial charge on any atom is 0.117 e. The van der Waals surface area contributed by atoms with E-state index in [9.17, 15) is 5.11 Å². The lowest BCUT2D eigenvalue weighted by atomic mass is 10.2. The van der Waals surface area contributed by atoms with Crippen LogP contribution >= 0.6 is 0 Å². The van der Waals surface area contributed by atoms with Crippen molar-refractivity contribution in [3.63, 3.8) is 0 Å². The quantitative estimate of drug-likeness (QED) is 0.594. The highest BCUT2D eigenvalue weighted by molar-refractivity contribution is 5.89. The molecule has 2 heterocycles. The third-order valence-corrected chi connectivity index (χ3v) is 2.95. The first-order valence-electron chi connectivity index (χ1n) is 5.24. The summed E-state index contributed by atoms with van der Waals surface area (Å²) in [6.45, 7) is 0. The summed E-state index contributed by atoms with van der Waals surface area (Å²) in [6.07, 6.45) is 1.59. The Morgan fingerprint density at radius 2 is 2.18 bits per heavy atom. The first kappa shape index (κ1) is 9.77. The van der Waals surface area contributed by atoms with Crippen LogP contribution in [0.4, 0.5) is 5.69 Å². The number of phenolic OH excluding ortho intramolecular Hbond substituents is 1. The second kappa shape index (κ2) is 3.28. The molecule has 1 aromatic carbocycles. The molecule has 0 bridgehead atoms. The average molecular weight is 228 g/mol. The Morgan fingerprint density at radius 3 is 2.88 bits per heavy atom. The van der Waals surface area contributed by atoms with E-state index in [1.165, 1.54) is 0 Å². The van der Waals surface area contributed by atoms with Crippen molar-refractivity contribution in [3.05, 3.63) is 30.5 Å². The predicted molar refractivity (Wildman–Crippen MR) is 66.6 cm³/mol. The van der Waals surface area contributed by atoms with Crippen molar-refractivity contribution in [1.29, 1.82) is 0 Å². The number of nitrogens with one attached hydrogen (secondary N) is 1. The number of hydrogen-bond donors (Lipinski definition) is 3. The monoisotopic (exact) mass is 228 g/mol. The fraction of sp³-hybridized carbons (Fsp3) is 0.0833. The van der Waals surface area contributed by atoms with E-state index < -0.39 is 0 Å². The van der Waals surface area contributed by atoms with Crippen LogP contribution in [0.3, 0.4) is 0 Å². The molecule has 0 amide bonds. The van der Waals surface area contributed by atoms with Gasteiger partial charge in [-0.1, -0.05) is 0 Å². The standard InChI is InChI=1S/C12H12N4O/c1-16-10-5-8(17)3-2-7(10)4-11(16)12-9(13)6-14-15-12/h2-6,17H,13H2,1H3,(H,14,15). The van der Waals surface area contributed by atoms with Gasteiger partial charge in [0, 0.05) is 18.5 Å². The molecule has 0 atom stereocenters. The summed E-state index contributed by atoms with van der Waals surface area (Å²) in [5, 5.41) is 17.3. The van der Waals surface area contributed by atoms with Crippen LogP contribution < -0.4 is 5.73 Å². The van der Waals surface area contributed by atoms with E-state index in [1.54, 1.807) is 18.3 Å². The molecule has 5 nitrogen and oxygen atoms in total. The highest BCUT2D eigenvalue weighted by Gasteiger charge is 2.12. The van der Waals surface area contributed by atoms with Gasteiger partial charge in [-0.25, -0.2) is 0 Å². The molecule has 0 unspecified atom stereocenters. The smallest absolute Gasteiger partial charge is 0.117 e. The summed E-state index contributed by atoms with van der Waals surface area (Å²) in [4.78, 5) is 0. The minimum atomic E-state index is 0.253. The van der Waals surface area contributed by atoms with Crippen LogP contribution in [0.25, 0.3) is 22.3 Å². The van der Waals surface area contributed by atoms with Gasteiger partial charge in [0.05, 0.1) is 23.1 Å². The van der Waals surface area contributed by atoms with Gasteiger partial charge in [0.15, 0.2) is 0 Å². The molecule has 0 radical (unpaired) electrons. The molecular formula is C12H12N4O. The van der Waals surface area contributed by atoms with E-state index in [2.05, 4.69) is 10.2 Å². The van der Waals surface area contributed by atoms with Crippen molar-refractivity contribution >= 4 is 16.6 Å². The first-order chi connectivity index (χ1) is 8.16. The van der Waals surface area contributed by atoms with Gasteiger partial charge < -0.3 is 15.4 Å². The predicted octanol–water partition coefficient (Wildman–Crippen LogP) is 1.86. The van der Waals surface area contributed by atoms with Crippen LogP contribution in [0.2, 0.25) is 0 Å². The Kier molecular flexibility index (Phi) is 1.89. The van der Waals surface area contributed by atoms with Crippen molar-refractivity contribution in [2.24, 2.45) is 7.05 Å². The zero-order valence-electron chi connectivity index (χ0n) is 9.31. The lowest BCUT2D eigenvalue weighted by molar-refractivity contribution is 0.476. The molecule has 4 N–H and O–H groups in total. The number of nitrogen functional groups attached to an aromatic ring is 1. The van der Waals surface area contributed by atoms with E-state index in [-0.39, 0.29) is 5.75 Å². The number of nitrogens with zero attached hydrogens (tertiary/aromatic N) is 2. The van der Waals surface area contributed by atoms with Crippen molar-refractivity contribution in [2.45, 2.75) is 0 Å². The van der Waals surface area contributed by atoms with Crippen molar-refractivity contribution in [1.82, 2.24) is 14.8 Å². The molecule has 0 saturated carbocycles. The topological polar surface area (TPSA) is 79.9 Å². The van der Waals surface area contributed by atoms with E-state index >= 15 is 0 Å². The Bertz CT molecular complexity index is 696. The Hall–Kier alpha value is -2.43. The lowest BCUT2D eigenvalue weighted by Gasteiger charge is -2.02. The fourth-order valence-electron chi connectivity index (χ4n) is 2.06. The molecule has 0 fully saturated rings. The summed E-state index contributed by atoms with van der Waals surface area (Å²) in [5.74, 6) is 0.253. The van der Waals surface area contributed by atoms with Crippen molar-refractivity contribution in [3.8, 4) is 17.1 Å². The molecule has 86 valence electrons. The number of benzene rings is 1. The van der Waals surface area contributed by atoms with Gasteiger partial charge >= 0.3 is 0 Å². The third-order valence-electron chi connectivity index (χ3n) is 2.95. The fourth-order valence-corrected chi connectivity index (χ4v) is 2.06. The van der Waals surface area contributed by atoms with E-state index in [0.717, 1.165) is 22.3 Å². The summed E-state index contributed by atoms with van der Waals surface area (Å²) in [6, 6.07) is 7.28. The van der Waals surface area contributed by atoms with Gasteiger partial charge in [0.2, 0.25) is 0 Å². The zero-order valence-corrected chi connectivity index (χ0v) is 9.31. The van der Waals surface area contributed by atoms with Gasteiger partial charge in [-0.2, -0.15) is 5.10 Å². The highest BCUT2D eigenvalue weighted by atomic mass is 16.3. The minimum absolute atomic E-state index is 0.253. The van der Waals surface area contributed by atoms with Crippen LogP contribution in [0.1, 0.15) is 0 Å². The summed E-state index contributed by atoms with van der Waals surface area (Å²) < 4.78 is 1.97. The number of H-pyrrole nitrogens is 1. The van der Waals surface area contributed by atoms with Crippen LogP contribution in [-0.2, 0) is 7.05 Å². The largest absolute Gasteiger partial charge is 0.508 e. The number of aromatic amines is 1.